The molecule has 0 aliphatic heterocycles. The van der Waals surface area contributed by atoms with Crippen LogP contribution in [0.2, 0.25) is 0 Å². The van der Waals surface area contributed by atoms with E-state index in [4.69, 9.17) is 14.6 Å². The highest BCUT2D eigenvalue weighted by atomic mass is 19.1. The first-order chi connectivity index (χ1) is 15.4. The van der Waals surface area contributed by atoms with Gasteiger partial charge in [-0.3, -0.25) is 4.79 Å². The molecular formula is C25H24FNO5. The second kappa shape index (κ2) is 10.4. The van der Waals surface area contributed by atoms with Gasteiger partial charge in [0, 0.05) is 24.7 Å². The van der Waals surface area contributed by atoms with Crippen molar-refractivity contribution in [1.82, 2.24) is 4.90 Å². The molecule has 1 N–H and O–H groups in total. The Bertz CT molecular complexity index is 1080. The third-order valence-corrected chi connectivity index (χ3v) is 4.81. The molecule has 6 nitrogen and oxygen atoms in total. The molecule has 0 unspecified atom stereocenters. The molecule has 0 fully saturated rings. The van der Waals surface area contributed by atoms with Crippen LogP contribution in [0.25, 0.3) is 0 Å². The third kappa shape index (κ3) is 5.63. The summed E-state index contributed by atoms with van der Waals surface area (Å²) < 4.78 is 24.3. The van der Waals surface area contributed by atoms with E-state index in [9.17, 15) is 14.0 Å². The summed E-state index contributed by atoms with van der Waals surface area (Å²) >= 11 is 0. The van der Waals surface area contributed by atoms with Gasteiger partial charge in [0.2, 0.25) is 0 Å². The summed E-state index contributed by atoms with van der Waals surface area (Å²) in [5, 5.41) is 9.04. The fraction of sp³-hybridized carbons (Fsp3) is 0.200. The maximum absolute atomic E-state index is 13.4. The number of carboxylic acids is 1. The summed E-state index contributed by atoms with van der Waals surface area (Å²) in [6.45, 7) is 2.92. The number of methoxy groups -OCH3 is 1. The zero-order chi connectivity index (χ0) is 23.1. The maximum atomic E-state index is 13.4. The minimum Gasteiger partial charge on any atom is -0.493 e. The molecule has 32 heavy (non-hydrogen) atoms. The zero-order valence-corrected chi connectivity index (χ0v) is 17.9. The van der Waals surface area contributed by atoms with Gasteiger partial charge in [-0.15, -0.1) is 0 Å². The number of halogens is 1. The van der Waals surface area contributed by atoms with E-state index in [1.807, 2.05) is 6.92 Å². The van der Waals surface area contributed by atoms with Gasteiger partial charge >= 0.3 is 5.97 Å². The molecule has 0 saturated heterocycles. The molecule has 3 aromatic carbocycles. The van der Waals surface area contributed by atoms with Gasteiger partial charge in [0.25, 0.3) is 5.91 Å². The zero-order valence-electron chi connectivity index (χ0n) is 17.9. The molecule has 0 bridgehead atoms. The predicted octanol–water partition coefficient (Wildman–Crippen LogP) is 5.38. The molecule has 3 rings (SSSR count). The number of rotatable bonds is 9. The summed E-state index contributed by atoms with van der Waals surface area (Å²) in [6.07, 6.45) is 0.782. The van der Waals surface area contributed by atoms with Gasteiger partial charge in [0.05, 0.1) is 12.7 Å². The van der Waals surface area contributed by atoms with E-state index in [0.717, 1.165) is 12.0 Å². The molecule has 7 heteroatoms. The highest BCUT2D eigenvalue weighted by Crippen LogP contribution is 2.32. The Labute approximate surface area is 185 Å². The van der Waals surface area contributed by atoms with Crippen molar-refractivity contribution in [3.05, 3.63) is 89.2 Å². The number of hydrogen-bond acceptors (Lipinski definition) is 4. The Hall–Kier alpha value is -3.87. The smallest absolute Gasteiger partial charge is 0.335 e. The lowest BCUT2D eigenvalue weighted by atomic mass is 10.1. The largest absolute Gasteiger partial charge is 0.493 e. The standard InChI is InChI=1S/C25H24FNO5/c1-3-14-27(16-17-4-6-19(7-5-17)25(29)30)24(28)18-8-11-21(12-9-18)32-22-13-10-20(26)15-23(22)31-2/h4-13,15H,3,14,16H2,1-2H3,(H,29,30). The van der Waals surface area contributed by atoms with Crippen molar-refractivity contribution in [1.29, 1.82) is 0 Å². The van der Waals surface area contributed by atoms with Crippen LogP contribution >= 0.6 is 0 Å². The van der Waals surface area contributed by atoms with E-state index in [1.165, 1.54) is 37.4 Å². The fourth-order valence-corrected chi connectivity index (χ4v) is 3.20. The number of nitrogens with zero attached hydrogens (tertiary/aromatic N) is 1. The van der Waals surface area contributed by atoms with Crippen LogP contribution < -0.4 is 9.47 Å². The summed E-state index contributed by atoms with van der Waals surface area (Å²) in [5.41, 5.74) is 1.55. The monoisotopic (exact) mass is 437 g/mol. The molecule has 1 amide bonds. The molecular weight excluding hydrogens is 413 g/mol. The lowest BCUT2D eigenvalue weighted by Gasteiger charge is -2.22. The van der Waals surface area contributed by atoms with Crippen LogP contribution in [0.5, 0.6) is 17.2 Å². The number of ether oxygens (including phenoxy) is 2. The highest BCUT2D eigenvalue weighted by molar-refractivity contribution is 5.94. The number of carboxylic acid groups (broad SMARTS) is 1. The Kier molecular flexibility index (Phi) is 7.44. The first-order valence-corrected chi connectivity index (χ1v) is 10.1. The molecule has 0 heterocycles. The third-order valence-electron chi connectivity index (χ3n) is 4.81. The Balaban J connectivity index is 1.72. The van der Waals surface area contributed by atoms with Gasteiger partial charge in [-0.05, 0) is 60.5 Å². The van der Waals surface area contributed by atoms with E-state index in [1.54, 1.807) is 41.3 Å². The van der Waals surface area contributed by atoms with Crippen LogP contribution in [0.4, 0.5) is 4.39 Å². The van der Waals surface area contributed by atoms with Crippen LogP contribution in [-0.4, -0.2) is 35.5 Å². The molecule has 0 saturated carbocycles. The van der Waals surface area contributed by atoms with Gasteiger partial charge in [0.15, 0.2) is 11.5 Å². The normalized spacial score (nSPS) is 10.5. The van der Waals surface area contributed by atoms with E-state index in [-0.39, 0.29) is 17.2 Å². The SMILES string of the molecule is CCCN(Cc1ccc(C(=O)O)cc1)C(=O)c1ccc(Oc2ccc(F)cc2OC)cc1. The van der Waals surface area contributed by atoms with Crippen molar-refractivity contribution in [3.8, 4) is 17.2 Å². The van der Waals surface area contributed by atoms with Crippen molar-refractivity contribution in [2.24, 2.45) is 0 Å². The second-order valence-corrected chi connectivity index (χ2v) is 7.15. The van der Waals surface area contributed by atoms with E-state index in [2.05, 4.69) is 0 Å². The molecule has 3 aromatic rings. The van der Waals surface area contributed by atoms with E-state index < -0.39 is 11.8 Å². The summed E-state index contributed by atoms with van der Waals surface area (Å²) in [5.74, 6) is -0.432. The Morgan fingerprint density at radius 2 is 1.59 bits per heavy atom. The summed E-state index contributed by atoms with van der Waals surface area (Å²) in [6, 6.07) is 17.2. The van der Waals surface area contributed by atoms with Crippen LogP contribution in [0.15, 0.2) is 66.7 Å². The van der Waals surface area contributed by atoms with Crippen molar-refractivity contribution in [2.45, 2.75) is 19.9 Å². The quantitative estimate of drug-likeness (QED) is 0.487. The first kappa shape index (κ1) is 22.8. The molecule has 0 aliphatic rings. The van der Waals surface area contributed by atoms with E-state index in [0.29, 0.717) is 30.2 Å². The minimum absolute atomic E-state index is 0.139. The topological polar surface area (TPSA) is 76.1 Å². The van der Waals surface area contributed by atoms with E-state index >= 15 is 0 Å². The lowest BCUT2D eigenvalue weighted by Crippen LogP contribution is -2.31. The summed E-state index contributed by atoms with van der Waals surface area (Å²) in [7, 11) is 1.43. The van der Waals surface area contributed by atoms with Crippen LogP contribution in [0, 0.1) is 5.82 Å². The first-order valence-electron chi connectivity index (χ1n) is 10.1. The minimum atomic E-state index is -0.987. The fourth-order valence-electron chi connectivity index (χ4n) is 3.20. The average molecular weight is 437 g/mol. The van der Waals surface area contributed by atoms with Crippen LogP contribution in [-0.2, 0) is 6.54 Å². The molecule has 0 radical (unpaired) electrons. The van der Waals surface area contributed by atoms with Crippen molar-refractivity contribution >= 4 is 11.9 Å². The number of carbonyl (C=O) groups is 2. The molecule has 0 aliphatic carbocycles. The number of carbonyl (C=O) groups excluding carboxylic acids is 1. The molecule has 166 valence electrons. The Morgan fingerprint density at radius 3 is 2.19 bits per heavy atom. The van der Waals surface area contributed by atoms with Crippen molar-refractivity contribution in [3.63, 3.8) is 0 Å². The van der Waals surface area contributed by atoms with Gasteiger partial charge < -0.3 is 19.5 Å². The predicted molar refractivity (Wildman–Crippen MR) is 118 cm³/mol. The van der Waals surface area contributed by atoms with Gasteiger partial charge in [-0.25, -0.2) is 9.18 Å². The van der Waals surface area contributed by atoms with Gasteiger partial charge in [0.1, 0.15) is 11.6 Å². The maximum Gasteiger partial charge on any atom is 0.335 e. The number of aromatic carboxylic acids is 1. The Morgan fingerprint density at radius 1 is 0.938 bits per heavy atom. The average Bonchev–Trinajstić information content (AvgIpc) is 2.80. The van der Waals surface area contributed by atoms with Crippen LogP contribution in [0.1, 0.15) is 39.6 Å². The number of benzene rings is 3. The van der Waals surface area contributed by atoms with Crippen molar-refractivity contribution < 1.29 is 28.6 Å². The van der Waals surface area contributed by atoms with Crippen LogP contribution in [0.3, 0.4) is 0 Å². The van der Waals surface area contributed by atoms with Crippen molar-refractivity contribution in [2.75, 3.05) is 13.7 Å². The second-order valence-electron chi connectivity index (χ2n) is 7.15. The number of amides is 1. The molecule has 0 atom stereocenters. The lowest BCUT2D eigenvalue weighted by molar-refractivity contribution is 0.0694. The molecule has 0 spiro atoms. The molecule has 0 aromatic heterocycles. The highest BCUT2D eigenvalue weighted by Gasteiger charge is 2.16. The summed E-state index contributed by atoms with van der Waals surface area (Å²) in [4.78, 5) is 25.8. The van der Waals surface area contributed by atoms with Gasteiger partial charge in [-0.2, -0.15) is 0 Å². The number of hydrogen-bond donors (Lipinski definition) is 1. The van der Waals surface area contributed by atoms with Gasteiger partial charge in [-0.1, -0.05) is 19.1 Å².